The number of likely N-dealkylation sites (N-methyl/N-ethyl adjacent to an activating group) is 1. The van der Waals surface area contributed by atoms with Crippen molar-refractivity contribution >= 4 is 17.5 Å². The molecule has 0 saturated carbocycles. The molecule has 1 amide bonds. The summed E-state index contributed by atoms with van der Waals surface area (Å²) in [5.74, 6) is 0.634. The van der Waals surface area contributed by atoms with Crippen LogP contribution in [0, 0.1) is 0 Å². The van der Waals surface area contributed by atoms with Crippen molar-refractivity contribution in [3.8, 4) is 5.75 Å². The van der Waals surface area contributed by atoms with Gasteiger partial charge in [0.05, 0.1) is 25.8 Å². The molecule has 0 fully saturated rings. The van der Waals surface area contributed by atoms with Crippen molar-refractivity contribution in [3.63, 3.8) is 0 Å². The molecule has 0 radical (unpaired) electrons. The third-order valence-corrected chi connectivity index (χ3v) is 3.79. The van der Waals surface area contributed by atoms with Crippen LogP contribution in [0.2, 0.25) is 5.02 Å². The van der Waals surface area contributed by atoms with E-state index < -0.39 is 0 Å². The lowest BCUT2D eigenvalue weighted by molar-refractivity contribution is -0.130. The number of hydrogen-bond acceptors (Lipinski definition) is 3. The molecule has 4 nitrogen and oxygen atoms in total. The van der Waals surface area contributed by atoms with E-state index in [1.54, 1.807) is 30.3 Å². The molecule has 1 heterocycles. The first kappa shape index (κ1) is 16.3. The van der Waals surface area contributed by atoms with Crippen molar-refractivity contribution in [2.75, 3.05) is 13.7 Å². The van der Waals surface area contributed by atoms with Gasteiger partial charge in [-0.05, 0) is 31.2 Å². The van der Waals surface area contributed by atoms with Crippen LogP contribution in [0.15, 0.2) is 42.6 Å². The van der Waals surface area contributed by atoms with Gasteiger partial charge >= 0.3 is 0 Å². The van der Waals surface area contributed by atoms with E-state index in [2.05, 4.69) is 4.98 Å². The zero-order valence-corrected chi connectivity index (χ0v) is 13.5. The molecule has 2 aromatic rings. The van der Waals surface area contributed by atoms with Crippen LogP contribution < -0.4 is 4.74 Å². The number of carbonyl (C=O) groups is 1. The SMILES string of the molecule is CCN(Cc1ccccn1)C(=O)Cc1c(Cl)cccc1OC. The van der Waals surface area contributed by atoms with E-state index in [4.69, 9.17) is 16.3 Å². The zero-order valence-electron chi connectivity index (χ0n) is 12.8. The second-order valence-corrected chi connectivity index (χ2v) is 5.23. The number of nitrogens with zero attached hydrogens (tertiary/aromatic N) is 2. The summed E-state index contributed by atoms with van der Waals surface area (Å²) in [6.45, 7) is 3.05. The van der Waals surface area contributed by atoms with Gasteiger partial charge in [-0.1, -0.05) is 23.7 Å². The van der Waals surface area contributed by atoms with E-state index in [0.717, 1.165) is 11.3 Å². The van der Waals surface area contributed by atoms with Gasteiger partial charge in [-0.2, -0.15) is 0 Å². The van der Waals surface area contributed by atoms with Crippen LogP contribution in [-0.2, 0) is 17.8 Å². The molecule has 0 aliphatic carbocycles. The first-order valence-electron chi connectivity index (χ1n) is 7.14. The molecule has 0 bridgehead atoms. The van der Waals surface area contributed by atoms with E-state index in [9.17, 15) is 4.79 Å². The average Bonchev–Trinajstić information content (AvgIpc) is 2.55. The predicted molar refractivity (Wildman–Crippen MR) is 87.0 cm³/mol. The maximum absolute atomic E-state index is 12.6. The predicted octanol–water partition coefficient (Wildman–Crippen LogP) is 3.33. The maximum atomic E-state index is 12.6. The van der Waals surface area contributed by atoms with Crippen LogP contribution in [0.25, 0.3) is 0 Å². The number of carbonyl (C=O) groups excluding carboxylic acids is 1. The van der Waals surface area contributed by atoms with Crippen LogP contribution in [0.1, 0.15) is 18.2 Å². The molecule has 0 spiro atoms. The summed E-state index contributed by atoms with van der Waals surface area (Å²) < 4.78 is 5.29. The van der Waals surface area contributed by atoms with E-state index in [1.165, 1.54) is 0 Å². The lowest BCUT2D eigenvalue weighted by Crippen LogP contribution is -2.32. The molecule has 1 aromatic heterocycles. The molecule has 116 valence electrons. The van der Waals surface area contributed by atoms with E-state index >= 15 is 0 Å². The minimum absolute atomic E-state index is 0.000414. The van der Waals surface area contributed by atoms with Crippen LogP contribution in [0.3, 0.4) is 0 Å². The molecule has 0 atom stereocenters. The fraction of sp³-hybridized carbons (Fsp3) is 0.294. The molecular weight excluding hydrogens is 300 g/mol. The summed E-state index contributed by atoms with van der Waals surface area (Å²) in [5.41, 5.74) is 1.58. The maximum Gasteiger partial charge on any atom is 0.227 e. The number of amides is 1. The lowest BCUT2D eigenvalue weighted by atomic mass is 10.1. The zero-order chi connectivity index (χ0) is 15.9. The highest BCUT2D eigenvalue weighted by molar-refractivity contribution is 6.31. The number of rotatable bonds is 6. The summed E-state index contributed by atoms with van der Waals surface area (Å²) in [6, 6.07) is 11.1. The summed E-state index contributed by atoms with van der Waals surface area (Å²) >= 11 is 6.20. The monoisotopic (exact) mass is 318 g/mol. The number of hydrogen-bond donors (Lipinski definition) is 0. The van der Waals surface area contributed by atoms with Gasteiger partial charge in [-0.15, -0.1) is 0 Å². The fourth-order valence-corrected chi connectivity index (χ4v) is 2.46. The molecule has 0 aliphatic rings. The molecule has 5 heteroatoms. The average molecular weight is 319 g/mol. The third kappa shape index (κ3) is 3.98. The van der Waals surface area contributed by atoms with Crippen molar-refractivity contribution in [1.82, 2.24) is 9.88 Å². The highest BCUT2D eigenvalue weighted by Gasteiger charge is 2.17. The Balaban J connectivity index is 2.13. The second-order valence-electron chi connectivity index (χ2n) is 4.83. The first-order valence-corrected chi connectivity index (χ1v) is 7.52. The number of pyridine rings is 1. The summed E-state index contributed by atoms with van der Waals surface area (Å²) in [6.07, 6.45) is 1.94. The Morgan fingerprint density at radius 1 is 1.27 bits per heavy atom. The van der Waals surface area contributed by atoms with Gasteiger partial charge in [0.25, 0.3) is 0 Å². The van der Waals surface area contributed by atoms with Crippen LogP contribution >= 0.6 is 11.6 Å². The second kappa shape index (κ2) is 7.80. The smallest absolute Gasteiger partial charge is 0.227 e. The molecule has 0 unspecified atom stereocenters. The fourth-order valence-electron chi connectivity index (χ4n) is 2.23. The van der Waals surface area contributed by atoms with Crippen molar-refractivity contribution in [1.29, 1.82) is 0 Å². The Bertz CT molecular complexity index is 632. The van der Waals surface area contributed by atoms with E-state index in [-0.39, 0.29) is 12.3 Å². The standard InChI is InChI=1S/C17H19ClN2O2/c1-3-20(12-13-7-4-5-10-19-13)17(21)11-14-15(18)8-6-9-16(14)22-2/h4-10H,3,11-12H2,1-2H3. The highest BCUT2D eigenvalue weighted by atomic mass is 35.5. The number of ether oxygens (including phenoxy) is 1. The summed E-state index contributed by atoms with van der Waals surface area (Å²) in [7, 11) is 1.57. The number of benzene rings is 1. The molecule has 22 heavy (non-hydrogen) atoms. The molecule has 0 aliphatic heterocycles. The molecular formula is C17H19ClN2O2. The van der Waals surface area contributed by atoms with E-state index in [0.29, 0.717) is 23.9 Å². The molecule has 0 saturated heterocycles. The lowest BCUT2D eigenvalue weighted by Gasteiger charge is -2.21. The topological polar surface area (TPSA) is 42.4 Å². The van der Waals surface area contributed by atoms with Crippen molar-refractivity contribution in [3.05, 3.63) is 58.9 Å². The molecule has 0 N–H and O–H groups in total. The van der Waals surface area contributed by atoms with Crippen molar-refractivity contribution < 1.29 is 9.53 Å². The number of methoxy groups -OCH3 is 1. The van der Waals surface area contributed by atoms with Crippen molar-refractivity contribution in [2.24, 2.45) is 0 Å². The van der Waals surface area contributed by atoms with E-state index in [1.807, 2.05) is 31.2 Å². The minimum atomic E-state index is -0.000414. The van der Waals surface area contributed by atoms with Gasteiger partial charge in [-0.25, -0.2) is 0 Å². The number of halogens is 1. The van der Waals surface area contributed by atoms with Gasteiger partial charge < -0.3 is 9.64 Å². The first-order chi connectivity index (χ1) is 10.7. The Labute approximate surface area is 135 Å². The Kier molecular flexibility index (Phi) is 5.78. The van der Waals surface area contributed by atoms with Gasteiger partial charge in [-0.3, -0.25) is 9.78 Å². The number of aromatic nitrogens is 1. The quantitative estimate of drug-likeness (QED) is 0.820. The van der Waals surface area contributed by atoms with Gasteiger partial charge in [0.2, 0.25) is 5.91 Å². The van der Waals surface area contributed by atoms with Gasteiger partial charge in [0.15, 0.2) is 0 Å². The normalized spacial score (nSPS) is 10.3. The van der Waals surface area contributed by atoms with Gasteiger partial charge in [0, 0.05) is 23.3 Å². The van der Waals surface area contributed by atoms with Crippen molar-refractivity contribution in [2.45, 2.75) is 19.9 Å². The van der Waals surface area contributed by atoms with Crippen LogP contribution in [0.5, 0.6) is 5.75 Å². The summed E-state index contributed by atoms with van der Waals surface area (Å²) in [4.78, 5) is 18.6. The Hall–Kier alpha value is -2.07. The minimum Gasteiger partial charge on any atom is -0.496 e. The molecule has 2 rings (SSSR count). The van der Waals surface area contributed by atoms with Crippen LogP contribution in [0.4, 0.5) is 0 Å². The van der Waals surface area contributed by atoms with Crippen LogP contribution in [-0.4, -0.2) is 29.4 Å². The summed E-state index contributed by atoms with van der Waals surface area (Å²) in [5, 5.41) is 0.543. The highest BCUT2D eigenvalue weighted by Crippen LogP contribution is 2.27. The molecule has 1 aromatic carbocycles. The Morgan fingerprint density at radius 3 is 2.73 bits per heavy atom. The third-order valence-electron chi connectivity index (χ3n) is 3.44. The Morgan fingerprint density at radius 2 is 2.09 bits per heavy atom. The largest absolute Gasteiger partial charge is 0.496 e. The van der Waals surface area contributed by atoms with Gasteiger partial charge in [0.1, 0.15) is 5.75 Å².